The van der Waals surface area contributed by atoms with Gasteiger partial charge in [-0.2, -0.15) is 13.2 Å². The zero-order valence-electron chi connectivity index (χ0n) is 11.1. The van der Waals surface area contributed by atoms with E-state index in [9.17, 15) is 27.1 Å². The first-order valence-corrected chi connectivity index (χ1v) is 6.26. The van der Waals surface area contributed by atoms with Crippen molar-refractivity contribution in [3.05, 3.63) is 35.4 Å². The van der Waals surface area contributed by atoms with Crippen molar-refractivity contribution in [3.8, 4) is 0 Å². The maximum atomic E-state index is 13.5. The second kappa shape index (κ2) is 7.67. The van der Waals surface area contributed by atoms with Crippen LogP contribution >= 0.6 is 0 Å². The van der Waals surface area contributed by atoms with Crippen molar-refractivity contribution >= 4 is 0 Å². The van der Waals surface area contributed by atoms with E-state index in [1.165, 1.54) is 0 Å². The molecular formula is C13H16F5NO2. The predicted octanol–water partition coefficient (Wildman–Crippen LogP) is 2.24. The Morgan fingerprint density at radius 2 is 1.71 bits per heavy atom. The maximum Gasteiger partial charge on any atom is 0.401 e. The normalized spacial score (nSPS) is 13.7. The second-order valence-electron chi connectivity index (χ2n) is 4.58. The molecule has 0 amide bonds. The molecule has 0 aromatic heterocycles. The van der Waals surface area contributed by atoms with Gasteiger partial charge in [0.1, 0.15) is 11.6 Å². The Morgan fingerprint density at radius 1 is 1.14 bits per heavy atom. The number of benzene rings is 1. The largest absolute Gasteiger partial charge is 0.401 e. The zero-order chi connectivity index (χ0) is 16.0. The van der Waals surface area contributed by atoms with Crippen LogP contribution in [0.15, 0.2) is 18.2 Å². The second-order valence-corrected chi connectivity index (χ2v) is 4.58. The third-order valence-corrected chi connectivity index (χ3v) is 2.80. The van der Waals surface area contributed by atoms with E-state index in [2.05, 4.69) is 0 Å². The Kier molecular flexibility index (Phi) is 6.50. The molecule has 1 aromatic rings. The van der Waals surface area contributed by atoms with Gasteiger partial charge in [-0.15, -0.1) is 0 Å². The van der Waals surface area contributed by atoms with E-state index < -0.39 is 42.6 Å². The highest BCUT2D eigenvalue weighted by molar-refractivity contribution is 5.22. The molecule has 0 spiro atoms. The summed E-state index contributed by atoms with van der Waals surface area (Å²) < 4.78 is 64.2. The van der Waals surface area contributed by atoms with Crippen molar-refractivity contribution in [2.24, 2.45) is 0 Å². The van der Waals surface area contributed by atoms with E-state index in [1.807, 2.05) is 0 Å². The van der Waals surface area contributed by atoms with Gasteiger partial charge < -0.3 is 10.2 Å². The van der Waals surface area contributed by atoms with Crippen molar-refractivity contribution in [1.82, 2.24) is 4.90 Å². The first kappa shape index (κ1) is 17.8. The highest BCUT2D eigenvalue weighted by atomic mass is 19.4. The van der Waals surface area contributed by atoms with Gasteiger partial charge in [0.05, 0.1) is 18.2 Å². The lowest BCUT2D eigenvalue weighted by atomic mass is 10.1. The Hall–Kier alpha value is -1.25. The fourth-order valence-corrected chi connectivity index (χ4v) is 1.95. The van der Waals surface area contributed by atoms with Gasteiger partial charge in [-0.3, -0.25) is 4.90 Å². The van der Waals surface area contributed by atoms with Gasteiger partial charge >= 0.3 is 6.18 Å². The van der Waals surface area contributed by atoms with Gasteiger partial charge in [0.2, 0.25) is 0 Å². The van der Waals surface area contributed by atoms with E-state index in [-0.39, 0.29) is 19.6 Å². The molecule has 3 nitrogen and oxygen atoms in total. The van der Waals surface area contributed by atoms with E-state index >= 15 is 0 Å². The number of nitrogens with zero attached hydrogens (tertiary/aromatic N) is 1. The Labute approximate surface area is 118 Å². The number of hydrogen-bond acceptors (Lipinski definition) is 3. The summed E-state index contributed by atoms with van der Waals surface area (Å²) >= 11 is 0. The predicted molar refractivity (Wildman–Crippen MR) is 65.5 cm³/mol. The van der Waals surface area contributed by atoms with Gasteiger partial charge in [-0.25, -0.2) is 8.78 Å². The molecule has 1 rings (SSSR count). The summed E-state index contributed by atoms with van der Waals surface area (Å²) in [5.41, 5.74) is -0.659. The van der Waals surface area contributed by atoms with Crippen LogP contribution in [0.1, 0.15) is 18.1 Å². The van der Waals surface area contributed by atoms with E-state index in [4.69, 9.17) is 5.11 Å². The van der Waals surface area contributed by atoms with Crippen LogP contribution in [0.5, 0.6) is 0 Å². The monoisotopic (exact) mass is 313 g/mol. The molecular weight excluding hydrogens is 297 g/mol. The van der Waals surface area contributed by atoms with Gasteiger partial charge in [0.25, 0.3) is 0 Å². The number of aliphatic hydroxyl groups excluding tert-OH is 2. The molecule has 8 heteroatoms. The summed E-state index contributed by atoms with van der Waals surface area (Å²) in [7, 11) is 0. The SMILES string of the molecule is OCCCN(CC(O)c1c(F)cccc1F)CC(F)(F)F. The molecule has 0 radical (unpaired) electrons. The topological polar surface area (TPSA) is 43.7 Å². The molecule has 0 bridgehead atoms. The number of rotatable bonds is 7. The summed E-state index contributed by atoms with van der Waals surface area (Å²) in [6.07, 6.45) is -6.18. The minimum atomic E-state index is -4.51. The summed E-state index contributed by atoms with van der Waals surface area (Å²) in [5, 5.41) is 18.5. The summed E-state index contributed by atoms with van der Waals surface area (Å²) in [6.45, 7) is -2.39. The molecule has 1 aromatic carbocycles. The zero-order valence-corrected chi connectivity index (χ0v) is 11.1. The molecule has 0 aliphatic rings. The van der Waals surface area contributed by atoms with E-state index in [0.29, 0.717) is 0 Å². The fourth-order valence-electron chi connectivity index (χ4n) is 1.95. The molecule has 2 N–H and O–H groups in total. The third-order valence-electron chi connectivity index (χ3n) is 2.80. The Balaban J connectivity index is 2.81. The molecule has 0 aliphatic carbocycles. The average Bonchev–Trinajstić information content (AvgIpc) is 2.33. The first-order chi connectivity index (χ1) is 9.74. The number of aliphatic hydroxyl groups is 2. The van der Waals surface area contributed by atoms with Gasteiger partial charge in [0, 0.05) is 19.7 Å². The minimum absolute atomic E-state index is 0.0581. The van der Waals surface area contributed by atoms with Gasteiger partial charge in [-0.05, 0) is 18.6 Å². The highest BCUT2D eigenvalue weighted by Gasteiger charge is 2.32. The van der Waals surface area contributed by atoms with Crippen LogP contribution in [0.4, 0.5) is 22.0 Å². The van der Waals surface area contributed by atoms with Gasteiger partial charge in [0.15, 0.2) is 0 Å². The lowest BCUT2D eigenvalue weighted by molar-refractivity contribution is -0.149. The molecule has 1 unspecified atom stereocenters. The van der Waals surface area contributed by atoms with Crippen LogP contribution in [0.25, 0.3) is 0 Å². The number of alkyl halides is 3. The van der Waals surface area contributed by atoms with Crippen LogP contribution in [-0.2, 0) is 0 Å². The smallest absolute Gasteiger partial charge is 0.396 e. The van der Waals surface area contributed by atoms with Crippen LogP contribution in [0.2, 0.25) is 0 Å². The lowest BCUT2D eigenvalue weighted by Gasteiger charge is -2.26. The van der Waals surface area contributed by atoms with E-state index in [1.54, 1.807) is 0 Å². The van der Waals surface area contributed by atoms with Crippen LogP contribution in [-0.4, -0.2) is 47.5 Å². The van der Waals surface area contributed by atoms with Crippen LogP contribution in [0.3, 0.4) is 0 Å². The van der Waals surface area contributed by atoms with Crippen molar-refractivity contribution in [2.45, 2.75) is 18.7 Å². The fraction of sp³-hybridized carbons (Fsp3) is 0.538. The maximum absolute atomic E-state index is 13.5. The molecule has 0 aliphatic heterocycles. The Morgan fingerprint density at radius 3 is 2.19 bits per heavy atom. The molecule has 21 heavy (non-hydrogen) atoms. The molecule has 1 atom stereocenters. The van der Waals surface area contributed by atoms with Crippen molar-refractivity contribution in [1.29, 1.82) is 0 Å². The third kappa shape index (κ3) is 5.94. The van der Waals surface area contributed by atoms with Crippen LogP contribution < -0.4 is 0 Å². The molecule has 0 saturated heterocycles. The molecule has 0 heterocycles. The first-order valence-electron chi connectivity index (χ1n) is 6.26. The van der Waals surface area contributed by atoms with Crippen LogP contribution in [0, 0.1) is 11.6 Å². The van der Waals surface area contributed by atoms with E-state index in [0.717, 1.165) is 23.1 Å². The lowest BCUT2D eigenvalue weighted by Crippen LogP contribution is -2.38. The molecule has 120 valence electrons. The Bertz CT molecular complexity index is 432. The number of halogens is 5. The van der Waals surface area contributed by atoms with Crippen molar-refractivity contribution < 1.29 is 32.2 Å². The highest BCUT2D eigenvalue weighted by Crippen LogP contribution is 2.23. The standard InChI is InChI=1S/C13H16F5NO2/c14-9-3-1-4-10(15)12(9)11(21)7-19(5-2-6-20)8-13(16,17)18/h1,3-4,11,20-21H,2,5-8H2. The van der Waals surface area contributed by atoms with Gasteiger partial charge in [-0.1, -0.05) is 6.07 Å². The van der Waals surface area contributed by atoms with Crippen molar-refractivity contribution in [3.63, 3.8) is 0 Å². The summed E-state index contributed by atoms with van der Waals surface area (Å²) in [6, 6.07) is 2.94. The number of hydrogen-bond donors (Lipinski definition) is 2. The minimum Gasteiger partial charge on any atom is -0.396 e. The average molecular weight is 313 g/mol. The molecule has 0 fully saturated rings. The van der Waals surface area contributed by atoms with Crippen molar-refractivity contribution in [2.75, 3.05) is 26.2 Å². The quantitative estimate of drug-likeness (QED) is 0.759. The molecule has 0 saturated carbocycles. The summed E-state index contributed by atoms with van der Waals surface area (Å²) in [5.74, 6) is -2.03. The summed E-state index contributed by atoms with van der Waals surface area (Å²) in [4.78, 5) is 0.798.